The highest BCUT2D eigenvalue weighted by molar-refractivity contribution is 5.72. The number of nitrogens with one attached hydrogen (secondary N) is 1. The van der Waals surface area contributed by atoms with Gasteiger partial charge in [0.1, 0.15) is 6.10 Å². The van der Waals surface area contributed by atoms with Crippen molar-refractivity contribution in [1.82, 2.24) is 10.2 Å². The van der Waals surface area contributed by atoms with Crippen molar-refractivity contribution >= 4 is 5.97 Å². The summed E-state index contributed by atoms with van der Waals surface area (Å²) in [6.45, 7) is 5.85. The first-order valence-electron chi connectivity index (χ1n) is 17.7. The quantitative estimate of drug-likeness (QED) is 0.150. The molecule has 3 fully saturated rings. The monoisotopic (exact) mass is 600 g/mol. The molecule has 238 valence electrons. The van der Waals surface area contributed by atoms with Crippen molar-refractivity contribution in [2.24, 2.45) is 11.8 Å². The van der Waals surface area contributed by atoms with E-state index in [1.54, 1.807) is 0 Å². The summed E-state index contributed by atoms with van der Waals surface area (Å²) in [5.74, 6) is 2.12. The number of esters is 1. The van der Waals surface area contributed by atoms with Crippen LogP contribution in [0.25, 0.3) is 0 Å². The summed E-state index contributed by atoms with van der Waals surface area (Å²) >= 11 is 0. The third kappa shape index (κ3) is 5.71. The fraction of sp³-hybridized carbons (Fsp3) is 0.658. The van der Waals surface area contributed by atoms with E-state index >= 15 is 0 Å². The SMILES string of the molecule is CCCCC(CCCCCc1ccccc1)N[C@@H]1CC[C@H]2[C@H]3Cc4ccc(OC(C)=O)c5c4[C@@]2(CCN3CC2CC2O)[C@H]1O5. The van der Waals surface area contributed by atoms with Crippen LogP contribution in [0.5, 0.6) is 11.5 Å². The summed E-state index contributed by atoms with van der Waals surface area (Å²) in [6, 6.07) is 16.3. The third-order valence-electron chi connectivity index (χ3n) is 11.7. The van der Waals surface area contributed by atoms with Crippen molar-refractivity contribution < 1.29 is 19.4 Å². The minimum Gasteiger partial charge on any atom is -0.484 e. The Bertz CT molecular complexity index is 1320. The lowest BCUT2D eigenvalue weighted by atomic mass is 9.51. The van der Waals surface area contributed by atoms with E-state index in [4.69, 9.17) is 9.47 Å². The topological polar surface area (TPSA) is 71.0 Å². The zero-order valence-corrected chi connectivity index (χ0v) is 26.8. The molecule has 44 heavy (non-hydrogen) atoms. The number of carbonyl (C=O) groups is 1. The van der Waals surface area contributed by atoms with Crippen LogP contribution < -0.4 is 14.8 Å². The van der Waals surface area contributed by atoms with Gasteiger partial charge in [0.15, 0.2) is 11.5 Å². The molecule has 0 radical (unpaired) electrons. The molecule has 1 spiro atoms. The maximum atomic E-state index is 12.1. The Balaban J connectivity index is 1.10. The van der Waals surface area contributed by atoms with Crippen LogP contribution in [0.1, 0.15) is 101 Å². The lowest BCUT2D eigenvalue weighted by Gasteiger charge is -2.60. The molecule has 3 aliphatic carbocycles. The summed E-state index contributed by atoms with van der Waals surface area (Å²) in [5, 5.41) is 14.4. The van der Waals surface area contributed by atoms with Crippen molar-refractivity contribution in [3.8, 4) is 11.5 Å². The van der Waals surface area contributed by atoms with Crippen molar-refractivity contribution in [2.75, 3.05) is 13.1 Å². The fourth-order valence-electron chi connectivity index (χ4n) is 9.58. The van der Waals surface area contributed by atoms with Crippen LogP contribution in [0.3, 0.4) is 0 Å². The second-order valence-electron chi connectivity index (χ2n) is 14.6. The Labute approximate surface area is 263 Å². The van der Waals surface area contributed by atoms with Crippen LogP contribution in [-0.2, 0) is 23.1 Å². The Morgan fingerprint density at radius 1 is 1.11 bits per heavy atom. The molecule has 1 saturated heterocycles. The second-order valence-corrected chi connectivity index (χ2v) is 14.6. The first-order chi connectivity index (χ1) is 21.5. The Morgan fingerprint density at radius 2 is 1.93 bits per heavy atom. The van der Waals surface area contributed by atoms with Gasteiger partial charge in [0.05, 0.1) is 6.10 Å². The molecule has 3 unspecified atom stereocenters. The number of aliphatic hydroxyl groups excluding tert-OH is 1. The maximum absolute atomic E-state index is 12.1. The minimum absolute atomic E-state index is 0.0384. The van der Waals surface area contributed by atoms with Gasteiger partial charge in [0, 0.05) is 48.5 Å². The van der Waals surface area contributed by atoms with E-state index in [1.807, 2.05) is 6.07 Å². The lowest BCUT2D eigenvalue weighted by molar-refractivity contribution is -0.132. The number of nitrogens with zero attached hydrogens (tertiary/aromatic N) is 1. The molecule has 2 aliphatic heterocycles. The highest BCUT2D eigenvalue weighted by atomic mass is 16.6. The number of hydrogen-bond donors (Lipinski definition) is 2. The molecular weight excluding hydrogens is 548 g/mol. The first-order valence-corrected chi connectivity index (χ1v) is 17.7. The number of ether oxygens (including phenoxy) is 2. The minimum atomic E-state index is -0.290. The number of aliphatic hydroxyl groups is 1. The molecule has 6 nitrogen and oxygen atoms in total. The summed E-state index contributed by atoms with van der Waals surface area (Å²) in [5.41, 5.74) is 4.14. The number of rotatable bonds is 14. The van der Waals surface area contributed by atoms with Gasteiger partial charge >= 0.3 is 5.97 Å². The second kappa shape index (κ2) is 12.8. The van der Waals surface area contributed by atoms with E-state index < -0.39 is 0 Å². The van der Waals surface area contributed by atoms with Crippen LogP contribution in [0, 0.1) is 11.8 Å². The number of aryl methyl sites for hydroxylation is 1. The van der Waals surface area contributed by atoms with Crippen molar-refractivity contribution in [2.45, 2.75) is 133 Å². The number of benzene rings is 2. The van der Waals surface area contributed by atoms with Gasteiger partial charge < -0.3 is 19.9 Å². The molecule has 6 heteroatoms. The van der Waals surface area contributed by atoms with Gasteiger partial charge in [-0.1, -0.05) is 69.0 Å². The number of unbranched alkanes of at least 4 members (excludes halogenated alkanes) is 3. The largest absolute Gasteiger partial charge is 0.484 e. The van der Waals surface area contributed by atoms with E-state index in [0.29, 0.717) is 35.7 Å². The van der Waals surface area contributed by atoms with E-state index in [1.165, 1.54) is 81.4 Å². The summed E-state index contributed by atoms with van der Waals surface area (Å²) in [4.78, 5) is 14.8. The van der Waals surface area contributed by atoms with E-state index in [-0.39, 0.29) is 23.6 Å². The first kappa shape index (κ1) is 30.3. The predicted octanol–water partition coefficient (Wildman–Crippen LogP) is 6.35. The average molecular weight is 601 g/mol. The van der Waals surface area contributed by atoms with Gasteiger partial charge in [-0.2, -0.15) is 0 Å². The Morgan fingerprint density at radius 3 is 2.70 bits per heavy atom. The lowest BCUT2D eigenvalue weighted by Crippen LogP contribution is -2.69. The van der Waals surface area contributed by atoms with Gasteiger partial charge in [-0.3, -0.25) is 9.69 Å². The van der Waals surface area contributed by atoms with Crippen LogP contribution in [0.2, 0.25) is 0 Å². The molecule has 8 atom stereocenters. The van der Waals surface area contributed by atoms with Crippen molar-refractivity contribution in [3.63, 3.8) is 0 Å². The highest BCUT2D eigenvalue weighted by Gasteiger charge is 2.66. The molecule has 2 heterocycles. The zero-order chi connectivity index (χ0) is 30.3. The number of piperidine rings is 1. The van der Waals surface area contributed by atoms with Crippen LogP contribution >= 0.6 is 0 Å². The van der Waals surface area contributed by atoms with E-state index in [9.17, 15) is 9.90 Å². The highest BCUT2D eigenvalue weighted by Crippen LogP contribution is 2.64. The van der Waals surface area contributed by atoms with E-state index in [0.717, 1.165) is 44.5 Å². The normalized spacial score (nSPS) is 32.1. The summed E-state index contributed by atoms with van der Waals surface area (Å²) in [7, 11) is 0. The van der Waals surface area contributed by atoms with Crippen molar-refractivity contribution in [1.29, 1.82) is 0 Å². The third-order valence-corrected chi connectivity index (χ3v) is 11.7. The van der Waals surface area contributed by atoms with Gasteiger partial charge in [-0.25, -0.2) is 0 Å². The van der Waals surface area contributed by atoms with Crippen LogP contribution in [0.4, 0.5) is 0 Å². The van der Waals surface area contributed by atoms with Crippen LogP contribution in [-0.4, -0.2) is 59.4 Å². The molecule has 2 N–H and O–H groups in total. The van der Waals surface area contributed by atoms with Gasteiger partial charge in [-0.15, -0.1) is 0 Å². The van der Waals surface area contributed by atoms with Gasteiger partial charge in [-0.05, 0) is 87.4 Å². The molecule has 2 bridgehead atoms. The molecule has 0 amide bonds. The summed E-state index contributed by atoms with van der Waals surface area (Å²) < 4.78 is 12.8. The maximum Gasteiger partial charge on any atom is 0.308 e. The predicted molar refractivity (Wildman–Crippen MR) is 173 cm³/mol. The molecule has 5 aliphatic rings. The molecule has 7 rings (SSSR count). The number of likely N-dealkylation sites (tertiary alicyclic amines) is 1. The summed E-state index contributed by atoms with van der Waals surface area (Å²) in [6.07, 6.45) is 15.1. The molecule has 2 aromatic rings. The van der Waals surface area contributed by atoms with Gasteiger partial charge in [0.2, 0.25) is 0 Å². The fourth-order valence-corrected chi connectivity index (χ4v) is 9.58. The molecular formula is C38H52N2O4. The van der Waals surface area contributed by atoms with E-state index in [2.05, 4.69) is 53.5 Å². The Hall–Kier alpha value is -2.41. The molecule has 0 aromatic heterocycles. The van der Waals surface area contributed by atoms with Crippen LogP contribution in [0.15, 0.2) is 42.5 Å². The van der Waals surface area contributed by atoms with Crippen molar-refractivity contribution in [3.05, 3.63) is 59.2 Å². The molecule has 2 aromatic carbocycles. The molecule has 2 saturated carbocycles. The Kier molecular flexibility index (Phi) is 8.78. The zero-order valence-electron chi connectivity index (χ0n) is 26.8. The number of hydrogen-bond acceptors (Lipinski definition) is 6. The average Bonchev–Trinajstić information content (AvgIpc) is 3.60. The van der Waals surface area contributed by atoms with Gasteiger partial charge in [0.25, 0.3) is 0 Å². The number of carbonyl (C=O) groups excluding carboxylic acids is 1. The standard InChI is InChI=1S/C38H52N2O4/c1-3-4-14-29(15-10-6-9-13-26-11-7-5-8-12-26)39-31-18-17-30-32-22-27-16-19-34(43-25(2)41)36-35(27)38(30,37(31)44-36)20-21-40(32)24-28-23-33(28)42/h5,7-8,11-12,16,19,28-33,37,39,42H,3-4,6,9-10,13-15,17-18,20-24H2,1-2H3/t28?,29?,30-,31+,32+,33?,37-,38-/m0/s1. The smallest absolute Gasteiger partial charge is 0.308 e.